The van der Waals surface area contributed by atoms with Gasteiger partial charge in [0.1, 0.15) is 0 Å². The Morgan fingerprint density at radius 3 is 2.32 bits per heavy atom. The van der Waals surface area contributed by atoms with Gasteiger partial charge in [-0.2, -0.15) is 0 Å². The molecule has 0 spiro atoms. The van der Waals surface area contributed by atoms with E-state index in [9.17, 15) is 0 Å². The third-order valence-corrected chi connectivity index (χ3v) is 3.67. The second-order valence-electron chi connectivity index (χ2n) is 6.34. The van der Waals surface area contributed by atoms with Crippen molar-refractivity contribution in [3.8, 4) is 5.69 Å². The van der Waals surface area contributed by atoms with Gasteiger partial charge in [-0.3, -0.25) is 0 Å². The van der Waals surface area contributed by atoms with Gasteiger partial charge < -0.3 is 5.73 Å². The Morgan fingerprint density at radius 2 is 1.79 bits per heavy atom. The Hall–Kier alpha value is -1.84. The first-order valence-corrected chi connectivity index (χ1v) is 6.79. The van der Waals surface area contributed by atoms with E-state index in [0.29, 0.717) is 11.7 Å². The second-order valence-corrected chi connectivity index (χ2v) is 6.34. The summed E-state index contributed by atoms with van der Waals surface area (Å²) in [4.78, 5) is 0. The third-order valence-electron chi connectivity index (χ3n) is 3.67. The molecule has 1 aromatic carbocycles. The summed E-state index contributed by atoms with van der Waals surface area (Å²) >= 11 is 0. The van der Waals surface area contributed by atoms with Crippen molar-refractivity contribution in [1.82, 2.24) is 15.0 Å². The minimum Gasteiger partial charge on any atom is -0.381 e. The number of anilines is 1. The smallest absolute Gasteiger partial charge is 0.169 e. The Bertz CT molecular complexity index is 586. The van der Waals surface area contributed by atoms with Crippen molar-refractivity contribution in [2.24, 2.45) is 0 Å². The van der Waals surface area contributed by atoms with Crippen molar-refractivity contribution >= 4 is 5.82 Å². The average molecular weight is 256 g/mol. The van der Waals surface area contributed by atoms with E-state index in [4.69, 9.17) is 5.73 Å². The maximum absolute atomic E-state index is 5.92. The van der Waals surface area contributed by atoms with E-state index >= 15 is 0 Å². The molecule has 2 N–H and O–H groups in total. The van der Waals surface area contributed by atoms with Crippen LogP contribution in [0.5, 0.6) is 0 Å². The van der Waals surface area contributed by atoms with Crippen molar-refractivity contribution in [1.29, 1.82) is 0 Å². The molecule has 0 unspecified atom stereocenters. The molecule has 2 aromatic rings. The van der Waals surface area contributed by atoms with Gasteiger partial charge in [0.05, 0.1) is 11.4 Å². The van der Waals surface area contributed by atoms with Crippen LogP contribution in [-0.4, -0.2) is 15.0 Å². The summed E-state index contributed by atoms with van der Waals surface area (Å²) in [5, 5.41) is 8.20. The molecule has 4 heteroatoms. The van der Waals surface area contributed by atoms with Crippen LogP contribution in [0.1, 0.15) is 50.8 Å². The predicted octanol–water partition coefficient (Wildman–Crippen LogP) is 3.02. The lowest BCUT2D eigenvalue weighted by atomic mass is 9.87. The Labute approximate surface area is 113 Å². The van der Waals surface area contributed by atoms with Gasteiger partial charge in [0.25, 0.3) is 0 Å². The van der Waals surface area contributed by atoms with Crippen molar-refractivity contribution in [2.45, 2.75) is 44.9 Å². The standard InChI is InChI=1S/C15H20N4/c1-15(2,3)11-6-8-12(9-7-11)19-13(10-4-5-10)14(16)17-18-19/h6-10H,4-5,16H2,1-3H3. The zero-order valence-electron chi connectivity index (χ0n) is 11.7. The van der Waals surface area contributed by atoms with Crippen LogP contribution in [0.4, 0.5) is 5.82 Å². The number of benzene rings is 1. The fourth-order valence-electron chi connectivity index (χ4n) is 2.33. The number of rotatable bonds is 2. The summed E-state index contributed by atoms with van der Waals surface area (Å²) in [7, 11) is 0. The second kappa shape index (κ2) is 4.08. The van der Waals surface area contributed by atoms with Crippen LogP contribution in [0, 0.1) is 0 Å². The summed E-state index contributed by atoms with van der Waals surface area (Å²) in [5.74, 6) is 1.11. The number of nitrogens with zero attached hydrogens (tertiary/aromatic N) is 3. The SMILES string of the molecule is CC(C)(C)c1ccc(-n2nnc(N)c2C2CC2)cc1. The molecule has 1 heterocycles. The van der Waals surface area contributed by atoms with E-state index in [-0.39, 0.29) is 5.41 Å². The Balaban J connectivity index is 1.99. The summed E-state index contributed by atoms with van der Waals surface area (Å²) in [6.07, 6.45) is 2.38. The molecule has 100 valence electrons. The number of aromatic nitrogens is 3. The van der Waals surface area contributed by atoms with Crippen molar-refractivity contribution in [3.05, 3.63) is 35.5 Å². The fourth-order valence-corrected chi connectivity index (χ4v) is 2.33. The van der Waals surface area contributed by atoms with E-state index in [0.717, 1.165) is 11.4 Å². The van der Waals surface area contributed by atoms with E-state index < -0.39 is 0 Å². The van der Waals surface area contributed by atoms with Crippen LogP contribution in [0.25, 0.3) is 5.69 Å². The Morgan fingerprint density at radius 1 is 1.16 bits per heavy atom. The molecule has 1 aliphatic carbocycles. The predicted molar refractivity (Wildman–Crippen MR) is 76.4 cm³/mol. The first-order chi connectivity index (χ1) is 8.97. The highest BCUT2D eigenvalue weighted by Gasteiger charge is 2.31. The molecule has 0 saturated heterocycles. The minimum absolute atomic E-state index is 0.166. The highest BCUT2D eigenvalue weighted by Crippen LogP contribution is 2.42. The first kappa shape index (κ1) is 12.2. The van der Waals surface area contributed by atoms with Crippen LogP contribution in [0.15, 0.2) is 24.3 Å². The van der Waals surface area contributed by atoms with Crippen LogP contribution >= 0.6 is 0 Å². The highest BCUT2D eigenvalue weighted by molar-refractivity contribution is 5.45. The molecule has 1 saturated carbocycles. The molecule has 0 bridgehead atoms. The lowest BCUT2D eigenvalue weighted by Crippen LogP contribution is -2.11. The molecular formula is C15H20N4. The molecule has 3 rings (SSSR count). The van der Waals surface area contributed by atoms with Gasteiger partial charge in [0.15, 0.2) is 5.82 Å². The van der Waals surface area contributed by atoms with E-state index in [1.54, 1.807) is 0 Å². The highest BCUT2D eigenvalue weighted by atomic mass is 15.4. The van der Waals surface area contributed by atoms with Crippen LogP contribution in [0.3, 0.4) is 0 Å². The molecule has 0 radical (unpaired) electrons. The van der Waals surface area contributed by atoms with Crippen molar-refractivity contribution in [3.63, 3.8) is 0 Å². The number of hydrogen-bond acceptors (Lipinski definition) is 3. The van der Waals surface area contributed by atoms with Gasteiger partial charge in [0, 0.05) is 5.92 Å². The van der Waals surface area contributed by atoms with Gasteiger partial charge in [0.2, 0.25) is 0 Å². The molecule has 1 aliphatic rings. The lowest BCUT2D eigenvalue weighted by Gasteiger charge is -2.19. The van der Waals surface area contributed by atoms with Gasteiger partial charge in [-0.25, -0.2) is 4.68 Å². The number of hydrogen-bond donors (Lipinski definition) is 1. The Kier molecular flexibility index (Phi) is 2.62. The number of nitrogen functional groups attached to an aromatic ring is 1. The molecule has 1 fully saturated rings. The van der Waals surface area contributed by atoms with Crippen LogP contribution in [-0.2, 0) is 5.41 Å². The molecule has 1 aromatic heterocycles. The normalized spacial score (nSPS) is 15.7. The maximum atomic E-state index is 5.92. The van der Waals surface area contributed by atoms with E-state index in [2.05, 4.69) is 55.3 Å². The zero-order valence-corrected chi connectivity index (χ0v) is 11.7. The van der Waals surface area contributed by atoms with E-state index in [1.807, 2.05) is 4.68 Å². The van der Waals surface area contributed by atoms with Gasteiger partial charge >= 0.3 is 0 Å². The minimum atomic E-state index is 0.166. The number of nitrogens with two attached hydrogens (primary N) is 1. The quantitative estimate of drug-likeness (QED) is 0.898. The monoisotopic (exact) mass is 256 g/mol. The largest absolute Gasteiger partial charge is 0.381 e. The summed E-state index contributed by atoms with van der Waals surface area (Å²) in [6.45, 7) is 6.64. The third kappa shape index (κ3) is 2.23. The zero-order chi connectivity index (χ0) is 13.6. The molecule has 4 nitrogen and oxygen atoms in total. The molecule has 0 amide bonds. The van der Waals surface area contributed by atoms with Crippen molar-refractivity contribution in [2.75, 3.05) is 5.73 Å². The van der Waals surface area contributed by atoms with Crippen LogP contribution < -0.4 is 5.73 Å². The summed E-state index contributed by atoms with van der Waals surface area (Å²) < 4.78 is 1.89. The average Bonchev–Trinajstić information content (AvgIpc) is 3.12. The van der Waals surface area contributed by atoms with Gasteiger partial charge in [-0.05, 0) is 36.0 Å². The summed E-state index contributed by atoms with van der Waals surface area (Å²) in [5.41, 5.74) is 9.52. The molecular weight excluding hydrogens is 236 g/mol. The molecule has 0 atom stereocenters. The van der Waals surface area contributed by atoms with E-state index in [1.165, 1.54) is 18.4 Å². The maximum Gasteiger partial charge on any atom is 0.169 e. The van der Waals surface area contributed by atoms with Crippen molar-refractivity contribution < 1.29 is 0 Å². The molecule has 19 heavy (non-hydrogen) atoms. The van der Waals surface area contributed by atoms with Gasteiger partial charge in [-0.15, -0.1) is 5.10 Å². The topological polar surface area (TPSA) is 56.7 Å². The summed E-state index contributed by atoms with van der Waals surface area (Å²) in [6, 6.07) is 8.51. The van der Waals surface area contributed by atoms with Gasteiger partial charge in [-0.1, -0.05) is 38.1 Å². The lowest BCUT2D eigenvalue weighted by molar-refractivity contribution is 0.590. The van der Waals surface area contributed by atoms with Crippen LogP contribution in [0.2, 0.25) is 0 Å². The molecule has 0 aliphatic heterocycles. The first-order valence-electron chi connectivity index (χ1n) is 6.79. The fraction of sp³-hybridized carbons (Fsp3) is 0.467.